The molecule has 0 amide bonds. The minimum absolute atomic E-state index is 0.422. The summed E-state index contributed by atoms with van der Waals surface area (Å²) in [5.74, 6) is -0.422. The molecule has 3 nitrogen and oxygen atoms in total. The van der Waals surface area contributed by atoms with E-state index < -0.39 is 5.79 Å². The molecule has 0 saturated carbocycles. The van der Waals surface area contributed by atoms with E-state index >= 15 is 0 Å². The van der Waals surface area contributed by atoms with Gasteiger partial charge in [-0.2, -0.15) is 0 Å². The van der Waals surface area contributed by atoms with Crippen LogP contribution in [-0.4, -0.2) is 33.1 Å². The van der Waals surface area contributed by atoms with E-state index in [1.807, 2.05) is 6.07 Å². The van der Waals surface area contributed by atoms with Crippen molar-refractivity contribution >= 4 is 21.6 Å². The molecule has 0 N–H and O–H groups in total. The van der Waals surface area contributed by atoms with Crippen LogP contribution in [0.5, 0.6) is 0 Å². The van der Waals surface area contributed by atoms with Gasteiger partial charge in [0.2, 0.25) is 5.79 Å². The van der Waals surface area contributed by atoms with E-state index in [2.05, 4.69) is 39.9 Å². The molecule has 88 valence electrons. The molecule has 16 heavy (non-hydrogen) atoms. The summed E-state index contributed by atoms with van der Waals surface area (Å²) < 4.78 is 11.9. The molecular weight excluding hydrogens is 270 g/mol. The number of nitrogens with zero attached hydrogens (tertiary/aromatic N) is 1. The Labute approximate surface area is 104 Å². The minimum Gasteiger partial charge on any atom is -0.360 e. The predicted molar refractivity (Wildman–Crippen MR) is 67.8 cm³/mol. The van der Waals surface area contributed by atoms with Crippen LogP contribution in [0.4, 0.5) is 5.69 Å². The molecule has 1 aliphatic rings. The largest absolute Gasteiger partial charge is 0.360 e. The third-order valence-corrected chi connectivity index (χ3v) is 4.05. The van der Waals surface area contributed by atoms with Crippen LogP contribution in [-0.2, 0) is 9.47 Å². The zero-order valence-corrected chi connectivity index (χ0v) is 11.4. The number of halogens is 1. The van der Waals surface area contributed by atoms with Crippen molar-refractivity contribution in [2.45, 2.75) is 12.7 Å². The highest BCUT2D eigenvalue weighted by Gasteiger charge is 2.44. The first-order chi connectivity index (χ1) is 7.62. The van der Waals surface area contributed by atoms with Crippen molar-refractivity contribution in [3.05, 3.63) is 28.2 Å². The fourth-order valence-corrected chi connectivity index (χ4v) is 2.34. The molecule has 0 aliphatic carbocycles. The quantitative estimate of drug-likeness (QED) is 0.797. The summed E-state index contributed by atoms with van der Waals surface area (Å²) in [4.78, 5) is 2.26. The fraction of sp³-hybridized carbons (Fsp3) is 0.500. The zero-order chi connectivity index (χ0) is 11.8. The second-order valence-electron chi connectivity index (χ2n) is 4.06. The second-order valence-corrected chi connectivity index (χ2v) is 4.91. The lowest BCUT2D eigenvalue weighted by Gasteiger charge is -2.49. The average molecular weight is 286 g/mol. The van der Waals surface area contributed by atoms with Gasteiger partial charge in [0, 0.05) is 24.4 Å². The number of anilines is 1. The Kier molecular flexibility index (Phi) is 3.24. The monoisotopic (exact) mass is 285 g/mol. The van der Waals surface area contributed by atoms with Crippen LogP contribution in [0.2, 0.25) is 0 Å². The van der Waals surface area contributed by atoms with Crippen LogP contribution in [0.1, 0.15) is 5.56 Å². The average Bonchev–Trinajstić information content (AvgIpc) is 2.24. The Morgan fingerprint density at radius 3 is 2.44 bits per heavy atom. The molecule has 0 aromatic heterocycles. The summed E-state index contributed by atoms with van der Waals surface area (Å²) in [5.41, 5.74) is 2.49. The molecule has 0 unspecified atom stereocenters. The van der Waals surface area contributed by atoms with E-state index in [-0.39, 0.29) is 0 Å². The summed E-state index contributed by atoms with van der Waals surface area (Å²) in [5, 5.41) is 0. The highest BCUT2D eigenvalue weighted by atomic mass is 79.9. The van der Waals surface area contributed by atoms with E-state index in [0.717, 1.165) is 17.6 Å². The van der Waals surface area contributed by atoms with Gasteiger partial charge in [-0.25, -0.2) is 0 Å². The fourth-order valence-electron chi connectivity index (χ4n) is 1.99. The first kappa shape index (κ1) is 11.9. The first-order valence-electron chi connectivity index (χ1n) is 5.22. The Morgan fingerprint density at radius 1 is 1.25 bits per heavy atom. The van der Waals surface area contributed by atoms with Crippen molar-refractivity contribution in [2.75, 3.05) is 32.2 Å². The molecule has 2 rings (SSSR count). The molecule has 1 aromatic rings. The summed E-state index contributed by atoms with van der Waals surface area (Å²) in [7, 11) is 3.38. The number of methoxy groups -OCH3 is 2. The summed E-state index contributed by atoms with van der Waals surface area (Å²) >= 11 is 3.54. The van der Waals surface area contributed by atoms with Gasteiger partial charge in [-0.05, 0) is 24.6 Å². The van der Waals surface area contributed by atoms with Gasteiger partial charge >= 0.3 is 0 Å². The summed E-state index contributed by atoms with van der Waals surface area (Å²) in [6.07, 6.45) is 0. The lowest BCUT2D eigenvalue weighted by atomic mass is 10.0. The lowest BCUT2D eigenvalue weighted by molar-refractivity contribution is -0.219. The second kappa shape index (κ2) is 4.35. The molecule has 1 aliphatic heterocycles. The van der Waals surface area contributed by atoms with Crippen LogP contribution >= 0.6 is 15.9 Å². The molecule has 0 bridgehead atoms. The van der Waals surface area contributed by atoms with Gasteiger partial charge in [-0.1, -0.05) is 22.0 Å². The predicted octanol–water partition coefficient (Wildman–Crippen LogP) is 2.57. The van der Waals surface area contributed by atoms with E-state index in [0.29, 0.717) is 0 Å². The van der Waals surface area contributed by atoms with Crippen molar-refractivity contribution in [1.82, 2.24) is 0 Å². The van der Waals surface area contributed by atoms with Gasteiger partial charge in [-0.3, -0.25) is 0 Å². The third-order valence-electron chi connectivity index (χ3n) is 3.19. The van der Waals surface area contributed by atoms with Crippen LogP contribution in [0.15, 0.2) is 22.7 Å². The van der Waals surface area contributed by atoms with E-state index in [1.54, 1.807) is 14.2 Å². The van der Waals surface area contributed by atoms with Gasteiger partial charge in [0.05, 0.1) is 13.1 Å². The molecule has 0 atom stereocenters. The van der Waals surface area contributed by atoms with Gasteiger partial charge in [-0.15, -0.1) is 0 Å². The van der Waals surface area contributed by atoms with Crippen molar-refractivity contribution in [1.29, 1.82) is 0 Å². The lowest BCUT2D eigenvalue weighted by Crippen LogP contribution is -2.64. The van der Waals surface area contributed by atoms with Crippen LogP contribution in [0, 0.1) is 6.92 Å². The van der Waals surface area contributed by atoms with E-state index in [9.17, 15) is 0 Å². The highest BCUT2D eigenvalue weighted by molar-refractivity contribution is 9.10. The summed E-state index contributed by atoms with van der Waals surface area (Å²) in [6.45, 7) is 3.66. The Hall–Kier alpha value is -0.580. The smallest absolute Gasteiger partial charge is 0.203 e. The van der Waals surface area contributed by atoms with Gasteiger partial charge in [0.1, 0.15) is 0 Å². The number of hydrogen-bond acceptors (Lipinski definition) is 3. The maximum atomic E-state index is 5.37. The normalized spacial score (nSPS) is 18.4. The summed E-state index contributed by atoms with van der Waals surface area (Å²) in [6, 6.07) is 6.22. The number of hydrogen-bond donors (Lipinski definition) is 0. The van der Waals surface area contributed by atoms with Crippen molar-refractivity contribution in [2.24, 2.45) is 0 Å². The van der Waals surface area contributed by atoms with Crippen molar-refractivity contribution in [3.63, 3.8) is 0 Å². The number of ether oxygens (including phenoxy) is 2. The number of benzene rings is 1. The molecular formula is C12H16BrNO2. The molecule has 4 heteroatoms. The zero-order valence-electron chi connectivity index (χ0n) is 9.79. The van der Waals surface area contributed by atoms with Crippen LogP contribution in [0.25, 0.3) is 0 Å². The molecule has 0 spiro atoms. The van der Waals surface area contributed by atoms with Crippen molar-refractivity contribution in [3.8, 4) is 0 Å². The highest BCUT2D eigenvalue weighted by Crippen LogP contribution is 2.34. The molecule has 1 fully saturated rings. The van der Waals surface area contributed by atoms with E-state index in [4.69, 9.17) is 9.47 Å². The Bertz CT molecular complexity index is 383. The molecule has 1 saturated heterocycles. The molecule has 1 heterocycles. The SMILES string of the molecule is COC1(OC)CN(c2cccc(Br)c2C)C1. The Balaban J connectivity index is 2.15. The van der Waals surface area contributed by atoms with Gasteiger partial charge in [0.15, 0.2) is 0 Å². The third kappa shape index (κ3) is 1.85. The van der Waals surface area contributed by atoms with E-state index in [1.165, 1.54) is 11.3 Å². The van der Waals surface area contributed by atoms with Crippen LogP contribution in [0.3, 0.4) is 0 Å². The van der Waals surface area contributed by atoms with Crippen LogP contribution < -0.4 is 4.90 Å². The topological polar surface area (TPSA) is 21.7 Å². The minimum atomic E-state index is -0.422. The molecule has 0 radical (unpaired) electrons. The van der Waals surface area contributed by atoms with Gasteiger partial charge in [0.25, 0.3) is 0 Å². The first-order valence-corrected chi connectivity index (χ1v) is 6.01. The van der Waals surface area contributed by atoms with Crippen molar-refractivity contribution < 1.29 is 9.47 Å². The Morgan fingerprint density at radius 2 is 1.88 bits per heavy atom. The molecule has 1 aromatic carbocycles. The van der Waals surface area contributed by atoms with Gasteiger partial charge < -0.3 is 14.4 Å². The number of rotatable bonds is 3. The maximum absolute atomic E-state index is 5.37. The standard InChI is InChI=1S/C12H16BrNO2/c1-9-10(13)5-4-6-11(9)14-7-12(8-14,15-2)16-3/h4-6H,7-8H2,1-3H3. The maximum Gasteiger partial charge on any atom is 0.203 e.